The number of aromatic nitrogens is 1. The number of hydrogen-bond acceptors (Lipinski definition) is 5. The average Bonchev–Trinajstić information content (AvgIpc) is 3.19. The number of halogens is 4. The number of amides is 1. The minimum absolute atomic E-state index is 0.0420. The van der Waals surface area contributed by atoms with Crippen LogP contribution in [0.5, 0.6) is 0 Å². The van der Waals surface area contributed by atoms with Crippen LogP contribution < -0.4 is 11.1 Å². The van der Waals surface area contributed by atoms with Crippen LogP contribution in [0.2, 0.25) is 5.02 Å². The second-order valence-corrected chi connectivity index (χ2v) is 9.27. The molecule has 1 aromatic carbocycles. The van der Waals surface area contributed by atoms with Crippen molar-refractivity contribution in [2.45, 2.75) is 36.0 Å². The van der Waals surface area contributed by atoms with Gasteiger partial charge in [-0.2, -0.15) is 0 Å². The zero-order valence-corrected chi connectivity index (χ0v) is 18.4. The highest BCUT2D eigenvalue weighted by molar-refractivity contribution is 8.15. The van der Waals surface area contributed by atoms with Gasteiger partial charge in [0.2, 0.25) is 0 Å². The summed E-state index contributed by atoms with van der Waals surface area (Å²) in [6.07, 6.45) is 1.28. The van der Waals surface area contributed by atoms with Crippen molar-refractivity contribution in [3.8, 4) is 0 Å². The summed E-state index contributed by atoms with van der Waals surface area (Å²) in [5, 5.41) is 13.2. The first-order valence-electron chi connectivity index (χ1n) is 9.09. The van der Waals surface area contributed by atoms with Crippen LogP contribution in [0.1, 0.15) is 35.8 Å². The normalized spacial score (nSPS) is 22.8. The standard InChI is InChI=1S/C20H20ClF3N4O2S/c1-18(2,30)19(31-17(25)26-3)15(20(19,23)24)12-8-11(5-6-13(12)22)28-16(29)14-7-4-10(21)9-27-14/h4-9,15,30H,1-3H3,(H2,25,26)(H,28,29)/t15?,19-/m0/s1. The fraction of sp³-hybridized carbons (Fsp3) is 0.350. The van der Waals surface area contributed by atoms with E-state index in [9.17, 15) is 14.3 Å². The number of hydrogen-bond donors (Lipinski definition) is 3. The molecule has 1 fully saturated rings. The van der Waals surface area contributed by atoms with Crippen molar-refractivity contribution in [1.29, 1.82) is 0 Å². The number of rotatable bonds is 5. The van der Waals surface area contributed by atoms with Crippen molar-refractivity contribution >= 4 is 40.1 Å². The van der Waals surface area contributed by atoms with E-state index in [2.05, 4.69) is 15.3 Å². The molecule has 4 N–H and O–H groups in total. The summed E-state index contributed by atoms with van der Waals surface area (Å²) in [7, 11) is 1.33. The van der Waals surface area contributed by atoms with Gasteiger partial charge in [0.15, 0.2) is 5.17 Å². The molecule has 2 aromatic rings. The summed E-state index contributed by atoms with van der Waals surface area (Å²) >= 11 is 6.25. The molecule has 1 unspecified atom stereocenters. The molecule has 2 atom stereocenters. The van der Waals surface area contributed by atoms with E-state index in [0.717, 1.165) is 12.1 Å². The Balaban J connectivity index is 1.97. The SMILES string of the molecule is C/N=C(/N)S[C@]1(C(C)(C)O)C(c2cc(NC(=O)c3ccc(Cl)cn3)ccc2F)C1(F)F. The fourth-order valence-electron chi connectivity index (χ4n) is 3.57. The smallest absolute Gasteiger partial charge is 0.275 e. The van der Waals surface area contributed by atoms with E-state index in [0.29, 0.717) is 16.8 Å². The lowest BCUT2D eigenvalue weighted by atomic mass is 9.97. The highest BCUT2D eigenvalue weighted by Crippen LogP contribution is 2.75. The third-order valence-electron chi connectivity index (χ3n) is 5.10. The van der Waals surface area contributed by atoms with Gasteiger partial charge in [-0.3, -0.25) is 9.79 Å². The lowest BCUT2D eigenvalue weighted by Crippen LogP contribution is -2.42. The van der Waals surface area contributed by atoms with Gasteiger partial charge in [0, 0.05) is 24.5 Å². The van der Waals surface area contributed by atoms with Crippen LogP contribution in [-0.2, 0) is 0 Å². The maximum Gasteiger partial charge on any atom is 0.275 e. The second-order valence-electron chi connectivity index (χ2n) is 7.57. The highest BCUT2D eigenvalue weighted by atomic mass is 35.5. The highest BCUT2D eigenvalue weighted by Gasteiger charge is 2.87. The van der Waals surface area contributed by atoms with Gasteiger partial charge in [0.1, 0.15) is 16.3 Å². The quantitative estimate of drug-likeness (QED) is 0.450. The summed E-state index contributed by atoms with van der Waals surface area (Å²) in [4.78, 5) is 19.9. The van der Waals surface area contributed by atoms with E-state index in [-0.39, 0.29) is 22.1 Å². The summed E-state index contributed by atoms with van der Waals surface area (Å²) < 4.78 is 42.7. The van der Waals surface area contributed by atoms with Gasteiger partial charge in [-0.05, 0) is 44.2 Å². The van der Waals surface area contributed by atoms with Gasteiger partial charge in [0.05, 0.1) is 16.5 Å². The van der Waals surface area contributed by atoms with Crippen LogP contribution >= 0.6 is 23.4 Å². The molecule has 1 saturated carbocycles. The Labute approximate surface area is 186 Å². The topological polar surface area (TPSA) is 101 Å². The second kappa shape index (κ2) is 7.99. The minimum atomic E-state index is -3.49. The third-order valence-corrected chi connectivity index (χ3v) is 7.05. The molecule has 1 heterocycles. The number of nitrogens with zero attached hydrogens (tertiary/aromatic N) is 2. The number of anilines is 1. The largest absolute Gasteiger partial charge is 0.389 e. The zero-order chi connectivity index (χ0) is 23.2. The first kappa shape index (κ1) is 23.4. The van der Waals surface area contributed by atoms with Crippen LogP contribution in [-0.4, -0.2) is 44.5 Å². The lowest BCUT2D eigenvalue weighted by Gasteiger charge is -2.29. The number of alkyl halides is 2. The van der Waals surface area contributed by atoms with Crippen molar-refractivity contribution in [3.63, 3.8) is 0 Å². The molecule has 0 aliphatic heterocycles. The van der Waals surface area contributed by atoms with Gasteiger partial charge in [-0.25, -0.2) is 18.2 Å². The molecule has 6 nitrogen and oxygen atoms in total. The van der Waals surface area contributed by atoms with Crippen molar-refractivity contribution in [2.24, 2.45) is 10.7 Å². The monoisotopic (exact) mass is 472 g/mol. The Bertz CT molecular complexity index is 1040. The van der Waals surface area contributed by atoms with E-state index in [4.69, 9.17) is 17.3 Å². The van der Waals surface area contributed by atoms with Gasteiger partial charge in [-0.1, -0.05) is 23.4 Å². The molecule has 1 aromatic heterocycles. The molecular formula is C20H20ClF3N4O2S. The average molecular weight is 473 g/mol. The summed E-state index contributed by atoms with van der Waals surface area (Å²) in [6, 6.07) is 6.20. The predicted octanol–water partition coefficient (Wildman–Crippen LogP) is 4.05. The summed E-state index contributed by atoms with van der Waals surface area (Å²) in [6.45, 7) is 2.43. The molecule has 3 rings (SSSR count). The van der Waals surface area contributed by atoms with Crippen molar-refractivity contribution < 1.29 is 23.1 Å². The number of carbonyl (C=O) groups excluding carboxylic acids is 1. The van der Waals surface area contributed by atoms with Crippen molar-refractivity contribution in [1.82, 2.24) is 4.98 Å². The van der Waals surface area contributed by atoms with Crippen LogP contribution in [0, 0.1) is 5.82 Å². The maximum absolute atomic E-state index is 15.1. The first-order chi connectivity index (χ1) is 14.3. The molecular weight excluding hydrogens is 453 g/mol. The Morgan fingerprint density at radius 2 is 2.03 bits per heavy atom. The Kier molecular flexibility index (Phi) is 6.03. The van der Waals surface area contributed by atoms with Gasteiger partial charge in [-0.15, -0.1) is 0 Å². The van der Waals surface area contributed by atoms with Crippen molar-refractivity contribution in [3.05, 3.63) is 58.6 Å². The van der Waals surface area contributed by atoms with E-state index >= 15 is 8.78 Å². The Hall–Kier alpha value is -2.30. The molecule has 0 spiro atoms. The number of amidine groups is 1. The lowest BCUT2D eigenvalue weighted by molar-refractivity contribution is 0.0130. The maximum atomic E-state index is 15.1. The van der Waals surface area contributed by atoms with E-state index in [1.54, 1.807) is 0 Å². The zero-order valence-electron chi connectivity index (χ0n) is 16.8. The van der Waals surface area contributed by atoms with Crippen LogP contribution in [0.15, 0.2) is 41.5 Å². The van der Waals surface area contributed by atoms with E-state index < -0.39 is 33.9 Å². The summed E-state index contributed by atoms with van der Waals surface area (Å²) in [5.74, 6) is -6.71. The number of nitrogens with two attached hydrogens (primary N) is 1. The first-order valence-corrected chi connectivity index (χ1v) is 10.3. The van der Waals surface area contributed by atoms with Crippen molar-refractivity contribution in [2.75, 3.05) is 12.4 Å². The number of nitrogens with one attached hydrogen (secondary N) is 1. The number of carbonyl (C=O) groups is 1. The van der Waals surface area contributed by atoms with Crippen LogP contribution in [0.3, 0.4) is 0 Å². The van der Waals surface area contributed by atoms with Gasteiger partial charge < -0.3 is 16.2 Å². The molecule has 1 amide bonds. The third kappa shape index (κ3) is 3.99. The molecule has 11 heteroatoms. The predicted molar refractivity (Wildman–Crippen MR) is 115 cm³/mol. The van der Waals surface area contributed by atoms with E-state index in [1.165, 1.54) is 45.3 Å². The van der Waals surface area contributed by atoms with E-state index in [1.807, 2.05) is 0 Å². The number of aliphatic hydroxyl groups is 1. The Morgan fingerprint density at radius 3 is 2.58 bits per heavy atom. The molecule has 0 radical (unpaired) electrons. The number of benzene rings is 1. The minimum Gasteiger partial charge on any atom is -0.389 e. The Morgan fingerprint density at radius 1 is 1.35 bits per heavy atom. The van der Waals surface area contributed by atoms with Crippen LogP contribution in [0.25, 0.3) is 0 Å². The van der Waals surface area contributed by atoms with Gasteiger partial charge >= 0.3 is 0 Å². The van der Waals surface area contributed by atoms with Crippen LogP contribution in [0.4, 0.5) is 18.9 Å². The number of thioether (sulfide) groups is 1. The number of pyridine rings is 1. The van der Waals surface area contributed by atoms with Gasteiger partial charge in [0.25, 0.3) is 11.8 Å². The molecule has 31 heavy (non-hydrogen) atoms. The molecule has 0 bridgehead atoms. The summed E-state index contributed by atoms with van der Waals surface area (Å²) in [5.41, 5.74) is 3.51. The molecule has 1 aliphatic rings. The number of aliphatic imine (C=N–C) groups is 1. The molecule has 166 valence electrons. The molecule has 0 saturated heterocycles. The molecule has 1 aliphatic carbocycles. The fourth-order valence-corrected chi connectivity index (χ4v) is 4.94.